The van der Waals surface area contributed by atoms with Crippen molar-refractivity contribution in [3.8, 4) is 0 Å². The summed E-state index contributed by atoms with van der Waals surface area (Å²) >= 11 is 0. The number of piperidine rings is 1. The lowest BCUT2D eigenvalue weighted by molar-refractivity contribution is -0.136. The van der Waals surface area contributed by atoms with E-state index in [2.05, 4.69) is 30.9 Å². The van der Waals surface area contributed by atoms with E-state index in [1.54, 1.807) is 6.33 Å². The molecule has 0 aliphatic carbocycles. The summed E-state index contributed by atoms with van der Waals surface area (Å²) in [4.78, 5) is 24.3. The van der Waals surface area contributed by atoms with Gasteiger partial charge < -0.3 is 14.9 Å². The number of carbonyl (C=O) groups is 1. The van der Waals surface area contributed by atoms with Gasteiger partial charge in [-0.3, -0.25) is 9.48 Å². The number of carboxylic acids is 1. The van der Waals surface area contributed by atoms with Gasteiger partial charge in [-0.1, -0.05) is 0 Å². The number of anilines is 2. The summed E-state index contributed by atoms with van der Waals surface area (Å²) in [5.41, 5.74) is 1.95. The summed E-state index contributed by atoms with van der Waals surface area (Å²) in [5.74, 6) is 1.17. The van der Waals surface area contributed by atoms with Gasteiger partial charge in [-0.05, 0) is 25.3 Å². The predicted octanol–water partition coefficient (Wildman–Crippen LogP) is 1.70. The van der Waals surface area contributed by atoms with Gasteiger partial charge in [-0.25, -0.2) is 9.97 Å². The van der Waals surface area contributed by atoms with E-state index < -0.39 is 5.97 Å². The van der Waals surface area contributed by atoms with E-state index in [1.165, 1.54) is 19.3 Å². The van der Waals surface area contributed by atoms with Crippen LogP contribution in [-0.2, 0) is 24.3 Å². The average molecular weight is 356 g/mol. The average Bonchev–Trinajstić information content (AvgIpc) is 3.09. The molecule has 1 N–H and O–H groups in total. The molecule has 2 aromatic rings. The number of carboxylic acid groups (broad SMARTS) is 1. The van der Waals surface area contributed by atoms with E-state index in [9.17, 15) is 4.79 Å². The first-order chi connectivity index (χ1) is 12.7. The molecular weight excluding hydrogens is 332 g/mol. The molecule has 0 unspecified atom stereocenters. The Bertz CT molecular complexity index is 784. The van der Waals surface area contributed by atoms with Crippen molar-refractivity contribution in [1.29, 1.82) is 0 Å². The molecule has 0 saturated carbocycles. The molecule has 0 bridgehead atoms. The molecule has 4 rings (SSSR count). The third-order valence-electron chi connectivity index (χ3n) is 5.09. The molecule has 2 aliphatic rings. The second-order valence-corrected chi connectivity index (χ2v) is 6.95. The Hall–Kier alpha value is -2.64. The molecule has 138 valence electrons. The second kappa shape index (κ2) is 7.31. The zero-order valence-electron chi connectivity index (χ0n) is 14.8. The first-order valence-corrected chi connectivity index (χ1v) is 9.28. The number of hydrogen-bond acceptors (Lipinski definition) is 6. The minimum Gasteiger partial charge on any atom is -0.481 e. The molecule has 2 aliphatic heterocycles. The Morgan fingerprint density at radius 1 is 1.00 bits per heavy atom. The number of aryl methyl sites for hydroxylation is 1. The number of aromatic nitrogens is 4. The quantitative estimate of drug-likeness (QED) is 0.872. The molecule has 0 spiro atoms. The second-order valence-electron chi connectivity index (χ2n) is 6.95. The smallest absolute Gasteiger partial charge is 0.303 e. The fourth-order valence-electron chi connectivity index (χ4n) is 3.68. The van der Waals surface area contributed by atoms with Gasteiger partial charge in [-0.2, -0.15) is 5.10 Å². The monoisotopic (exact) mass is 356 g/mol. The number of hydrogen-bond donors (Lipinski definition) is 1. The van der Waals surface area contributed by atoms with E-state index in [0.717, 1.165) is 55.7 Å². The number of fused-ring (bicyclic) bond motifs is 1. The fraction of sp³-hybridized carbons (Fsp3) is 0.556. The van der Waals surface area contributed by atoms with Gasteiger partial charge in [0.15, 0.2) is 0 Å². The lowest BCUT2D eigenvalue weighted by Crippen LogP contribution is -2.35. The maximum atomic E-state index is 10.8. The Balaban J connectivity index is 1.47. The van der Waals surface area contributed by atoms with Gasteiger partial charge in [0.2, 0.25) is 0 Å². The molecule has 0 amide bonds. The lowest BCUT2D eigenvalue weighted by atomic mass is 10.1. The zero-order valence-corrected chi connectivity index (χ0v) is 14.8. The summed E-state index contributed by atoms with van der Waals surface area (Å²) in [6, 6.07) is 4.10. The van der Waals surface area contributed by atoms with Crippen molar-refractivity contribution >= 4 is 17.6 Å². The van der Waals surface area contributed by atoms with Crippen LogP contribution in [0.5, 0.6) is 0 Å². The van der Waals surface area contributed by atoms with E-state index in [4.69, 9.17) is 5.11 Å². The largest absolute Gasteiger partial charge is 0.481 e. The summed E-state index contributed by atoms with van der Waals surface area (Å²) in [6.45, 7) is 4.48. The van der Waals surface area contributed by atoms with E-state index in [-0.39, 0.29) is 6.42 Å². The van der Waals surface area contributed by atoms with E-state index >= 15 is 0 Å². The molecule has 26 heavy (non-hydrogen) atoms. The molecule has 1 saturated heterocycles. The molecule has 4 heterocycles. The van der Waals surface area contributed by atoms with Gasteiger partial charge in [0.1, 0.15) is 18.0 Å². The molecule has 0 aromatic carbocycles. The minimum atomic E-state index is -0.788. The highest BCUT2D eigenvalue weighted by atomic mass is 16.4. The molecule has 8 heteroatoms. The molecule has 0 radical (unpaired) electrons. The van der Waals surface area contributed by atoms with E-state index in [0.29, 0.717) is 6.42 Å². The first kappa shape index (κ1) is 16.8. The van der Waals surface area contributed by atoms with Crippen molar-refractivity contribution in [2.45, 2.75) is 45.2 Å². The van der Waals surface area contributed by atoms with Gasteiger partial charge in [0.25, 0.3) is 0 Å². The Morgan fingerprint density at radius 3 is 2.54 bits per heavy atom. The van der Waals surface area contributed by atoms with Crippen LogP contribution in [0.25, 0.3) is 0 Å². The first-order valence-electron chi connectivity index (χ1n) is 9.28. The standard InChI is InChI=1S/C18H24N6O2/c25-18(26)5-4-14-10-15-12-23(8-9-24(15)21-14)17-11-16(19-13-20-17)22-6-2-1-3-7-22/h10-11,13H,1-9,12H2,(H,25,26). The third kappa shape index (κ3) is 3.63. The highest BCUT2D eigenvalue weighted by Crippen LogP contribution is 2.24. The Labute approximate surface area is 152 Å². The summed E-state index contributed by atoms with van der Waals surface area (Å²) < 4.78 is 1.99. The number of rotatable bonds is 5. The van der Waals surface area contributed by atoms with Gasteiger partial charge in [0, 0.05) is 32.1 Å². The van der Waals surface area contributed by atoms with Crippen molar-refractivity contribution in [2.75, 3.05) is 29.4 Å². The summed E-state index contributed by atoms with van der Waals surface area (Å²) in [7, 11) is 0. The van der Waals surface area contributed by atoms with Crippen LogP contribution < -0.4 is 9.80 Å². The molecule has 8 nitrogen and oxygen atoms in total. The van der Waals surface area contributed by atoms with Crippen LogP contribution in [0.2, 0.25) is 0 Å². The van der Waals surface area contributed by atoms with Crippen LogP contribution >= 0.6 is 0 Å². The highest BCUT2D eigenvalue weighted by molar-refractivity contribution is 5.67. The minimum absolute atomic E-state index is 0.116. The van der Waals surface area contributed by atoms with Crippen LogP contribution in [0.4, 0.5) is 11.6 Å². The van der Waals surface area contributed by atoms with Crippen LogP contribution in [0.15, 0.2) is 18.5 Å². The predicted molar refractivity (Wildman–Crippen MR) is 97.3 cm³/mol. The van der Waals surface area contributed by atoms with Gasteiger partial charge in [0.05, 0.1) is 30.9 Å². The summed E-state index contributed by atoms with van der Waals surface area (Å²) in [5, 5.41) is 13.4. The normalized spacial score (nSPS) is 17.2. The number of nitrogens with zero attached hydrogens (tertiary/aromatic N) is 6. The molecule has 0 atom stereocenters. The number of aliphatic carboxylic acids is 1. The third-order valence-corrected chi connectivity index (χ3v) is 5.09. The van der Waals surface area contributed by atoms with E-state index in [1.807, 2.05) is 10.7 Å². The maximum Gasteiger partial charge on any atom is 0.303 e. The van der Waals surface area contributed by atoms with Crippen molar-refractivity contribution < 1.29 is 9.90 Å². The van der Waals surface area contributed by atoms with Crippen molar-refractivity contribution in [3.05, 3.63) is 29.8 Å². The van der Waals surface area contributed by atoms with Crippen LogP contribution in [-0.4, -0.2) is 50.5 Å². The Kier molecular flexibility index (Phi) is 4.73. The fourth-order valence-corrected chi connectivity index (χ4v) is 3.68. The van der Waals surface area contributed by atoms with Crippen molar-refractivity contribution in [1.82, 2.24) is 19.7 Å². The van der Waals surface area contributed by atoms with Crippen LogP contribution in [0.3, 0.4) is 0 Å². The lowest BCUT2D eigenvalue weighted by Gasteiger charge is -2.31. The van der Waals surface area contributed by atoms with Crippen LogP contribution in [0.1, 0.15) is 37.1 Å². The molecule has 2 aromatic heterocycles. The zero-order chi connectivity index (χ0) is 17.9. The van der Waals surface area contributed by atoms with Crippen LogP contribution in [0, 0.1) is 0 Å². The highest BCUT2D eigenvalue weighted by Gasteiger charge is 2.21. The summed E-state index contributed by atoms with van der Waals surface area (Å²) in [6.07, 6.45) is 5.99. The van der Waals surface area contributed by atoms with Crippen molar-refractivity contribution in [3.63, 3.8) is 0 Å². The maximum absolute atomic E-state index is 10.8. The van der Waals surface area contributed by atoms with Gasteiger partial charge in [-0.15, -0.1) is 0 Å². The topological polar surface area (TPSA) is 87.4 Å². The molecular formula is C18H24N6O2. The van der Waals surface area contributed by atoms with Crippen molar-refractivity contribution in [2.24, 2.45) is 0 Å². The van der Waals surface area contributed by atoms with Gasteiger partial charge >= 0.3 is 5.97 Å². The Morgan fingerprint density at radius 2 is 1.77 bits per heavy atom. The molecule has 1 fully saturated rings. The SMILES string of the molecule is O=C(O)CCc1cc2n(n1)CCN(c1cc(N3CCCCC3)ncn1)C2.